The second kappa shape index (κ2) is 5.43. The predicted octanol–water partition coefficient (Wildman–Crippen LogP) is 5.02. The van der Waals surface area contributed by atoms with E-state index in [9.17, 15) is 0 Å². The molecule has 0 atom stereocenters. The quantitative estimate of drug-likeness (QED) is 0.571. The maximum absolute atomic E-state index is 6.18. The van der Waals surface area contributed by atoms with Crippen LogP contribution in [0.4, 0.5) is 0 Å². The van der Waals surface area contributed by atoms with Crippen molar-refractivity contribution in [2.75, 3.05) is 5.88 Å². The minimum absolute atomic E-state index is 0.549. The molecule has 0 spiro atoms. The van der Waals surface area contributed by atoms with Gasteiger partial charge in [0.05, 0.1) is 5.52 Å². The molecule has 1 aromatic carbocycles. The van der Waals surface area contributed by atoms with Crippen LogP contribution in [0.3, 0.4) is 0 Å². The molecule has 0 aliphatic rings. The number of hydrogen-bond acceptors (Lipinski definition) is 1. The van der Waals surface area contributed by atoms with Gasteiger partial charge in [-0.25, -0.2) is 4.98 Å². The average molecular weight is 289 g/mol. The first-order chi connectivity index (χ1) is 8.13. The molecular weight excluding hydrogens is 277 g/mol. The van der Waals surface area contributed by atoms with E-state index in [4.69, 9.17) is 34.8 Å². The van der Waals surface area contributed by atoms with E-state index < -0.39 is 0 Å². The second-order valence-corrected chi connectivity index (χ2v) is 5.13. The molecule has 1 nitrogen and oxygen atoms in total. The van der Waals surface area contributed by atoms with Gasteiger partial charge in [0.15, 0.2) is 0 Å². The van der Waals surface area contributed by atoms with E-state index in [0.29, 0.717) is 16.1 Å². The highest BCUT2D eigenvalue weighted by Crippen LogP contribution is 2.29. The molecule has 2 rings (SSSR count). The van der Waals surface area contributed by atoms with Crippen LogP contribution in [0.2, 0.25) is 10.2 Å². The van der Waals surface area contributed by atoms with E-state index in [2.05, 4.69) is 4.98 Å². The molecule has 0 amide bonds. The summed E-state index contributed by atoms with van der Waals surface area (Å²) in [5.41, 5.74) is 2.96. The zero-order valence-corrected chi connectivity index (χ0v) is 11.7. The second-order valence-electron chi connectivity index (χ2n) is 3.99. The Kier molecular flexibility index (Phi) is 4.13. The van der Waals surface area contributed by atoms with Gasteiger partial charge in [-0.1, -0.05) is 29.3 Å². The van der Waals surface area contributed by atoms with Crippen LogP contribution in [-0.4, -0.2) is 10.9 Å². The number of fused-ring (bicyclic) bond motifs is 1. The van der Waals surface area contributed by atoms with Gasteiger partial charge in [-0.2, -0.15) is 0 Å². The summed E-state index contributed by atoms with van der Waals surface area (Å²) in [5.74, 6) is 0.621. The van der Waals surface area contributed by atoms with E-state index in [1.807, 2.05) is 25.1 Å². The summed E-state index contributed by atoms with van der Waals surface area (Å²) in [4.78, 5) is 4.43. The Labute approximate surface area is 116 Å². The van der Waals surface area contributed by atoms with Crippen LogP contribution >= 0.6 is 34.8 Å². The van der Waals surface area contributed by atoms with Crippen molar-refractivity contribution in [3.8, 4) is 0 Å². The van der Waals surface area contributed by atoms with Crippen molar-refractivity contribution < 1.29 is 0 Å². The maximum atomic E-state index is 6.18. The molecule has 0 saturated carbocycles. The summed E-state index contributed by atoms with van der Waals surface area (Å²) in [5, 5.41) is 2.22. The number of rotatable bonds is 3. The molecule has 0 fully saturated rings. The molecular formula is C13H12Cl3N. The van der Waals surface area contributed by atoms with Crippen LogP contribution in [0.15, 0.2) is 18.2 Å². The number of aromatic nitrogens is 1. The summed E-state index contributed by atoms with van der Waals surface area (Å²) in [6.07, 6.45) is 1.72. The van der Waals surface area contributed by atoms with Crippen LogP contribution in [0.25, 0.3) is 10.9 Å². The molecule has 0 N–H and O–H groups in total. The zero-order chi connectivity index (χ0) is 12.4. The Morgan fingerprint density at radius 1 is 1.24 bits per heavy atom. The van der Waals surface area contributed by atoms with Crippen molar-refractivity contribution in [3.05, 3.63) is 39.5 Å². The third kappa shape index (κ3) is 2.67. The average Bonchev–Trinajstić information content (AvgIpc) is 2.32. The zero-order valence-electron chi connectivity index (χ0n) is 9.43. The van der Waals surface area contributed by atoms with E-state index in [1.54, 1.807) is 0 Å². The Bertz CT molecular complexity index is 552. The highest BCUT2D eigenvalue weighted by Gasteiger charge is 2.09. The van der Waals surface area contributed by atoms with Gasteiger partial charge in [0.2, 0.25) is 0 Å². The highest BCUT2D eigenvalue weighted by molar-refractivity contribution is 6.36. The summed E-state index contributed by atoms with van der Waals surface area (Å²) in [6.45, 7) is 2.00. The lowest BCUT2D eigenvalue weighted by Gasteiger charge is -2.08. The van der Waals surface area contributed by atoms with Gasteiger partial charge < -0.3 is 0 Å². The van der Waals surface area contributed by atoms with Gasteiger partial charge >= 0.3 is 0 Å². The lowest BCUT2D eigenvalue weighted by molar-refractivity contribution is 0.924. The fourth-order valence-corrected chi connectivity index (χ4v) is 2.39. The molecule has 17 heavy (non-hydrogen) atoms. The predicted molar refractivity (Wildman–Crippen MR) is 75.5 cm³/mol. The number of alkyl halides is 1. The van der Waals surface area contributed by atoms with E-state index in [0.717, 1.165) is 34.9 Å². The van der Waals surface area contributed by atoms with Crippen molar-refractivity contribution in [3.63, 3.8) is 0 Å². The topological polar surface area (TPSA) is 12.9 Å². The Balaban J connectivity index is 2.59. The van der Waals surface area contributed by atoms with Crippen LogP contribution in [0, 0.1) is 6.92 Å². The number of halogens is 3. The molecule has 90 valence electrons. The van der Waals surface area contributed by atoms with E-state index in [1.165, 1.54) is 0 Å². The Morgan fingerprint density at radius 3 is 2.71 bits per heavy atom. The summed E-state index contributed by atoms with van der Waals surface area (Å²) < 4.78 is 0. The first kappa shape index (κ1) is 12.9. The number of aryl methyl sites for hydroxylation is 2. The molecule has 0 aliphatic carbocycles. The molecule has 0 bridgehead atoms. The highest BCUT2D eigenvalue weighted by atomic mass is 35.5. The monoisotopic (exact) mass is 287 g/mol. The van der Waals surface area contributed by atoms with Crippen molar-refractivity contribution in [2.45, 2.75) is 19.8 Å². The van der Waals surface area contributed by atoms with Crippen LogP contribution in [-0.2, 0) is 6.42 Å². The lowest BCUT2D eigenvalue weighted by Crippen LogP contribution is -1.93. The molecule has 0 unspecified atom stereocenters. The molecule has 1 heterocycles. The first-order valence-electron chi connectivity index (χ1n) is 5.43. The van der Waals surface area contributed by atoms with Gasteiger partial charge in [-0.05, 0) is 43.0 Å². The van der Waals surface area contributed by atoms with Gasteiger partial charge in [0, 0.05) is 16.3 Å². The maximum Gasteiger partial charge on any atom is 0.132 e. The molecule has 2 aromatic rings. The molecule has 4 heteroatoms. The SMILES string of the molecule is Cc1ccc(Cl)c2cc(CCCCl)c(Cl)nc12. The standard InChI is InChI=1S/C13H12Cl3N/c1-8-4-5-11(15)10-7-9(3-2-6-14)13(16)17-12(8)10/h4-5,7H,2-3,6H2,1H3. The van der Waals surface area contributed by atoms with E-state index >= 15 is 0 Å². The molecule has 1 aromatic heterocycles. The third-order valence-electron chi connectivity index (χ3n) is 2.74. The number of pyridine rings is 1. The number of hydrogen-bond donors (Lipinski definition) is 0. The minimum Gasteiger partial charge on any atom is -0.235 e. The number of benzene rings is 1. The minimum atomic E-state index is 0.549. The normalized spacial score (nSPS) is 11.1. The van der Waals surface area contributed by atoms with Crippen LogP contribution in [0.1, 0.15) is 17.5 Å². The number of nitrogens with zero attached hydrogens (tertiary/aromatic N) is 1. The van der Waals surface area contributed by atoms with Crippen LogP contribution < -0.4 is 0 Å². The fourth-order valence-electron chi connectivity index (χ4n) is 1.81. The Morgan fingerprint density at radius 2 is 2.00 bits per heavy atom. The lowest BCUT2D eigenvalue weighted by atomic mass is 10.1. The van der Waals surface area contributed by atoms with Crippen LogP contribution in [0.5, 0.6) is 0 Å². The van der Waals surface area contributed by atoms with Gasteiger partial charge in [0.25, 0.3) is 0 Å². The fraction of sp³-hybridized carbons (Fsp3) is 0.308. The summed E-state index contributed by atoms with van der Waals surface area (Å²) in [6, 6.07) is 5.86. The van der Waals surface area contributed by atoms with Gasteiger partial charge in [0.1, 0.15) is 5.15 Å². The summed E-state index contributed by atoms with van der Waals surface area (Å²) >= 11 is 18.0. The Hall–Kier alpha value is -0.500. The third-order valence-corrected chi connectivity index (χ3v) is 3.66. The van der Waals surface area contributed by atoms with Gasteiger partial charge in [-0.15, -0.1) is 11.6 Å². The summed E-state index contributed by atoms with van der Waals surface area (Å²) in [7, 11) is 0. The molecule has 0 aliphatic heterocycles. The van der Waals surface area contributed by atoms with E-state index in [-0.39, 0.29) is 0 Å². The first-order valence-corrected chi connectivity index (χ1v) is 6.72. The largest absolute Gasteiger partial charge is 0.235 e. The van der Waals surface area contributed by atoms with Crippen molar-refractivity contribution in [1.29, 1.82) is 0 Å². The molecule has 0 saturated heterocycles. The smallest absolute Gasteiger partial charge is 0.132 e. The van der Waals surface area contributed by atoms with Crippen molar-refractivity contribution >= 4 is 45.7 Å². The van der Waals surface area contributed by atoms with Gasteiger partial charge in [-0.3, -0.25) is 0 Å². The van der Waals surface area contributed by atoms with Crippen molar-refractivity contribution in [2.24, 2.45) is 0 Å². The van der Waals surface area contributed by atoms with Crippen molar-refractivity contribution in [1.82, 2.24) is 4.98 Å². The molecule has 0 radical (unpaired) electrons.